The zero-order valence-electron chi connectivity index (χ0n) is 17.0. The van der Waals surface area contributed by atoms with Crippen molar-refractivity contribution >= 4 is 6.01 Å². The molecule has 2 aromatic heterocycles. The van der Waals surface area contributed by atoms with Crippen LogP contribution in [0.5, 0.6) is 0 Å². The number of anilines is 1. The number of fused-ring (bicyclic) bond motifs is 2. The summed E-state index contributed by atoms with van der Waals surface area (Å²) in [5.41, 5.74) is 3.59. The molecule has 5 rings (SSSR count). The predicted octanol–water partition coefficient (Wildman–Crippen LogP) is 3.61. The number of rotatable bonds is 5. The van der Waals surface area contributed by atoms with Gasteiger partial charge in [-0.2, -0.15) is 4.98 Å². The predicted molar refractivity (Wildman–Crippen MR) is 112 cm³/mol. The van der Waals surface area contributed by atoms with E-state index in [1.54, 1.807) is 0 Å². The third-order valence-electron chi connectivity index (χ3n) is 6.49. The summed E-state index contributed by atoms with van der Waals surface area (Å²) in [5, 5.41) is 4.19. The maximum atomic E-state index is 5.61. The van der Waals surface area contributed by atoms with Gasteiger partial charge in [-0.05, 0) is 25.8 Å². The molecule has 0 unspecified atom stereocenters. The molecule has 1 N–H and O–H groups in total. The number of nitrogens with zero attached hydrogens (tertiary/aromatic N) is 5. The van der Waals surface area contributed by atoms with Crippen LogP contribution in [0.4, 0.5) is 6.01 Å². The number of piperidine rings is 1. The van der Waals surface area contributed by atoms with Crippen molar-refractivity contribution in [1.82, 2.24) is 25.0 Å². The van der Waals surface area contributed by atoms with Gasteiger partial charge in [0.1, 0.15) is 0 Å². The van der Waals surface area contributed by atoms with E-state index in [9.17, 15) is 0 Å². The second kappa shape index (κ2) is 7.63. The maximum Gasteiger partial charge on any atom is 0.324 e. The van der Waals surface area contributed by atoms with Crippen LogP contribution in [-0.2, 0) is 12.0 Å². The van der Waals surface area contributed by atoms with Gasteiger partial charge in [0.25, 0.3) is 0 Å². The Morgan fingerprint density at radius 2 is 1.97 bits per heavy atom. The van der Waals surface area contributed by atoms with Crippen LogP contribution in [0.1, 0.15) is 44.0 Å². The van der Waals surface area contributed by atoms with Crippen LogP contribution in [0.2, 0.25) is 0 Å². The summed E-state index contributed by atoms with van der Waals surface area (Å²) in [6.45, 7) is 6.30. The van der Waals surface area contributed by atoms with Crippen LogP contribution in [0, 0.1) is 0 Å². The van der Waals surface area contributed by atoms with E-state index >= 15 is 0 Å². The highest BCUT2D eigenvalue weighted by Crippen LogP contribution is 2.43. The number of H-pyrrole nitrogens is 1. The van der Waals surface area contributed by atoms with Gasteiger partial charge in [-0.3, -0.25) is 4.90 Å². The zero-order valence-corrected chi connectivity index (χ0v) is 17.0. The minimum Gasteiger partial charge on any atom is -0.348 e. The molecule has 1 fully saturated rings. The lowest BCUT2D eigenvalue weighted by Gasteiger charge is -2.50. The van der Waals surface area contributed by atoms with Crippen molar-refractivity contribution in [3.8, 4) is 11.4 Å². The number of unbranched alkanes of at least 4 members (excludes halogenated alkanes) is 1. The minimum atomic E-state index is 0.0293. The SMILES string of the molecule is CCCCN1CCc2[nH]cnc2C12CCN(c1nc(-c3ccccc3)no1)CC2. The standard InChI is InChI=1S/C22H28N6O/c1-2-3-12-28-13-9-18-19(24-16-23-18)22(28)10-14-27(15-11-22)21-25-20(26-29-21)17-7-5-4-6-8-17/h4-8,16H,2-3,9-15H2,1H3,(H,23,24). The molecule has 0 amide bonds. The molecule has 1 spiro atoms. The first-order valence-corrected chi connectivity index (χ1v) is 10.7. The highest BCUT2D eigenvalue weighted by Gasteiger charge is 2.46. The first kappa shape index (κ1) is 18.4. The third-order valence-corrected chi connectivity index (χ3v) is 6.49. The number of benzene rings is 1. The molecular weight excluding hydrogens is 364 g/mol. The molecule has 4 heterocycles. The zero-order chi connectivity index (χ0) is 19.7. The number of aromatic amines is 1. The third kappa shape index (κ3) is 3.23. The van der Waals surface area contributed by atoms with Crippen molar-refractivity contribution in [2.75, 3.05) is 31.1 Å². The minimum absolute atomic E-state index is 0.0293. The van der Waals surface area contributed by atoms with Crippen LogP contribution in [0.3, 0.4) is 0 Å². The van der Waals surface area contributed by atoms with Crippen LogP contribution in [0.25, 0.3) is 11.4 Å². The van der Waals surface area contributed by atoms with E-state index < -0.39 is 0 Å². The van der Waals surface area contributed by atoms with Gasteiger partial charge in [-0.25, -0.2) is 4.98 Å². The Kier molecular flexibility index (Phi) is 4.83. The number of hydrogen-bond acceptors (Lipinski definition) is 6. The smallest absolute Gasteiger partial charge is 0.324 e. The number of nitrogens with one attached hydrogen (secondary N) is 1. The lowest BCUT2D eigenvalue weighted by Crippen LogP contribution is -2.56. The topological polar surface area (TPSA) is 74.1 Å². The van der Waals surface area contributed by atoms with Crippen molar-refractivity contribution in [3.63, 3.8) is 0 Å². The van der Waals surface area contributed by atoms with Crippen LogP contribution in [0.15, 0.2) is 41.2 Å². The Morgan fingerprint density at radius 1 is 1.14 bits per heavy atom. The Morgan fingerprint density at radius 3 is 2.76 bits per heavy atom. The molecule has 3 aromatic rings. The van der Waals surface area contributed by atoms with Gasteiger partial charge in [-0.15, -0.1) is 0 Å². The molecule has 0 bridgehead atoms. The van der Waals surface area contributed by atoms with Crippen molar-refractivity contribution in [1.29, 1.82) is 0 Å². The highest BCUT2D eigenvalue weighted by molar-refractivity contribution is 5.55. The highest BCUT2D eigenvalue weighted by atomic mass is 16.5. The lowest BCUT2D eigenvalue weighted by atomic mass is 9.78. The molecule has 152 valence electrons. The summed E-state index contributed by atoms with van der Waals surface area (Å²) >= 11 is 0. The van der Waals surface area contributed by atoms with Crippen LogP contribution in [-0.4, -0.2) is 51.2 Å². The average molecular weight is 393 g/mol. The van der Waals surface area contributed by atoms with Crippen LogP contribution >= 0.6 is 0 Å². The molecule has 0 atom stereocenters. The molecular formula is C22H28N6O. The molecule has 0 radical (unpaired) electrons. The van der Waals surface area contributed by atoms with Gasteiger partial charge in [0.15, 0.2) is 0 Å². The lowest BCUT2D eigenvalue weighted by molar-refractivity contribution is 0.0422. The molecule has 0 aliphatic carbocycles. The van der Waals surface area contributed by atoms with Crippen molar-refractivity contribution in [3.05, 3.63) is 48.0 Å². The van der Waals surface area contributed by atoms with Gasteiger partial charge in [0.05, 0.1) is 17.6 Å². The molecule has 1 saturated heterocycles. The van der Waals surface area contributed by atoms with Crippen molar-refractivity contribution < 1.29 is 4.52 Å². The summed E-state index contributed by atoms with van der Waals surface area (Å²) in [4.78, 5) is 17.7. The largest absolute Gasteiger partial charge is 0.348 e. The Balaban J connectivity index is 1.36. The summed E-state index contributed by atoms with van der Waals surface area (Å²) in [7, 11) is 0. The summed E-state index contributed by atoms with van der Waals surface area (Å²) < 4.78 is 5.61. The normalized spacial score (nSPS) is 18.9. The Bertz CT molecular complexity index is 941. The average Bonchev–Trinajstić information content (AvgIpc) is 3.45. The van der Waals surface area contributed by atoms with E-state index in [0.29, 0.717) is 11.8 Å². The first-order valence-electron chi connectivity index (χ1n) is 10.7. The maximum absolute atomic E-state index is 5.61. The number of aromatic nitrogens is 4. The van der Waals surface area contributed by atoms with E-state index in [0.717, 1.165) is 51.0 Å². The summed E-state index contributed by atoms with van der Waals surface area (Å²) in [5.74, 6) is 0.651. The van der Waals surface area contributed by atoms with Crippen LogP contribution < -0.4 is 4.90 Å². The summed E-state index contributed by atoms with van der Waals surface area (Å²) in [6.07, 6.45) is 7.43. The quantitative estimate of drug-likeness (QED) is 0.715. The number of imidazole rings is 1. The second-order valence-corrected chi connectivity index (χ2v) is 8.11. The van der Waals surface area contributed by atoms with E-state index in [4.69, 9.17) is 9.51 Å². The molecule has 0 saturated carbocycles. The van der Waals surface area contributed by atoms with Gasteiger partial charge in [0.2, 0.25) is 5.82 Å². The van der Waals surface area contributed by atoms with Gasteiger partial charge in [-0.1, -0.05) is 48.8 Å². The molecule has 7 nitrogen and oxygen atoms in total. The van der Waals surface area contributed by atoms with E-state index in [1.807, 2.05) is 36.7 Å². The Hall–Kier alpha value is -2.67. The van der Waals surface area contributed by atoms with E-state index in [-0.39, 0.29) is 5.54 Å². The number of hydrogen-bond donors (Lipinski definition) is 1. The van der Waals surface area contributed by atoms with Gasteiger partial charge < -0.3 is 14.4 Å². The molecule has 2 aliphatic heterocycles. The molecule has 1 aromatic carbocycles. The fraction of sp³-hybridized carbons (Fsp3) is 0.500. The fourth-order valence-corrected chi connectivity index (χ4v) is 4.87. The van der Waals surface area contributed by atoms with E-state index in [1.165, 1.54) is 24.2 Å². The summed E-state index contributed by atoms with van der Waals surface area (Å²) in [6, 6.07) is 10.6. The molecule has 7 heteroatoms. The Labute approximate surface area is 171 Å². The fourth-order valence-electron chi connectivity index (χ4n) is 4.87. The second-order valence-electron chi connectivity index (χ2n) is 8.11. The van der Waals surface area contributed by atoms with Gasteiger partial charge >= 0.3 is 6.01 Å². The molecule has 2 aliphatic rings. The van der Waals surface area contributed by atoms with E-state index in [2.05, 4.69) is 31.8 Å². The van der Waals surface area contributed by atoms with Gasteiger partial charge in [0, 0.05) is 37.3 Å². The van der Waals surface area contributed by atoms with Crippen molar-refractivity contribution in [2.24, 2.45) is 0 Å². The monoisotopic (exact) mass is 392 g/mol. The first-order chi connectivity index (χ1) is 14.3. The van der Waals surface area contributed by atoms with Crippen molar-refractivity contribution in [2.45, 2.75) is 44.6 Å². The molecule has 29 heavy (non-hydrogen) atoms.